The average Bonchev–Trinajstić information content (AvgIpc) is 3.20. The first kappa shape index (κ1) is 18.5. The molecule has 0 radical (unpaired) electrons. The Bertz CT molecular complexity index is 978. The zero-order chi connectivity index (χ0) is 19.2. The first-order valence-corrected chi connectivity index (χ1v) is 8.94. The molecule has 0 aliphatic heterocycles. The molecule has 0 bridgehead atoms. The van der Waals surface area contributed by atoms with Crippen LogP contribution in [-0.2, 0) is 6.61 Å². The van der Waals surface area contributed by atoms with Gasteiger partial charge in [-0.1, -0.05) is 0 Å². The van der Waals surface area contributed by atoms with Gasteiger partial charge in [0.15, 0.2) is 23.0 Å². The highest BCUT2D eigenvalue weighted by Crippen LogP contribution is 2.34. The topological polar surface area (TPSA) is 73.6 Å². The second-order valence-corrected chi connectivity index (χ2v) is 6.34. The third-order valence-electron chi connectivity index (χ3n) is 3.85. The summed E-state index contributed by atoms with van der Waals surface area (Å²) in [6.45, 7) is 0.298. The van der Waals surface area contributed by atoms with Crippen LogP contribution in [0.1, 0.15) is 11.3 Å². The molecule has 0 saturated carbocycles. The number of nitrogens with zero attached hydrogens (tertiary/aromatic N) is 2. The van der Waals surface area contributed by atoms with Gasteiger partial charge in [0.1, 0.15) is 11.6 Å². The largest absolute Gasteiger partial charge is 0.493 e. The van der Waals surface area contributed by atoms with Gasteiger partial charge in [0, 0.05) is 17.0 Å². The first-order chi connectivity index (χ1) is 13.2. The van der Waals surface area contributed by atoms with Gasteiger partial charge in [-0.3, -0.25) is 0 Å². The molecule has 0 aliphatic carbocycles. The molecular formula is C20H18N2O4S. The van der Waals surface area contributed by atoms with Crippen molar-refractivity contribution in [2.24, 2.45) is 0 Å². The van der Waals surface area contributed by atoms with Crippen molar-refractivity contribution >= 4 is 11.3 Å². The molecule has 1 heterocycles. The van der Waals surface area contributed by atoms with Gasteiger partial charge < -0.3 is 18.9 Å². The molecule has 3 rings (SSSR count). The van der Waals surface area contributed by atoms with Gasteiger partial charge in [0.05, 0.1) is 38.7 Å². The van der Waals surface area contributed by atoms with E-state index >= 15 is 0 Å². The van der Waals surface area contributed by atoms with Crippen molar-refractivity contribution in [1.29, 1.82) is 5.26 Å². The molecule has 0 N–H and O–H groups in total. The fourth-order valence-electron chi connectivity index (χ4n) is 2.48. The molecule has 6 nitrogen and oxygen atoms in total. The molecule has 2 aromatic carbocycles. The standard InChI is InChI=1S/C20H18N2O4S/c1-23-16-7-5-14(9-19(16)25-3)20-22-15(12-27-20)11-26-17-6-4-13(10-21)8-18(17)24-2/h4-9,12H,11H2,1-3H3. The Hall–Kier alpha value is -3.24. The summed E-state index contributed by atoms with van der Waals surface area (Å²) in [6.07, 6.45) is 0. The maximum atomic E-state index is 8.97. The van der Waals surface area contributed by atoms with Crippen LogP contribution in [0.2, 0.25) is 0 Å². The number of rotatable bonds is 7. The van der Waals surface area contributed by atoms with Crippen molar-refractivity contribution in [1.82, 2.24) is 4.98 Å². The van der Waals surface area contributed by atoms with E-state index < -0.39 is 0 Å². The molecule has 0 atom stereocenters. The average molecular weight is 382 g/mol. The van der Waals surface area contributed by atoms with Gasteiger partial charge in [0.2, 0.25) is 0 Å². The molecule has 7 heteroatoms. The van der Waals surface area contributed by atoms with Crippen LogP contribution >= 0.6 is 11.3 Å². The summed E-state index contributed by atoms with van der Waals surface area (Å²) in [7, 11) is 4.75. The van der Waals surface area contributed by atoms with Crippen LogP contribution in [0.4, 0.5) is 0 Å². The van der Waals surface area contributed by atoms with Crippen molar-refractivity contribution < 1.29 is 18.9 Å². The van der Waals surface area contributed by atoms with Crippen molar-refractivity contribution in [3.05, 3.63) is 53.0 Å². The highest BCUT2D eigenvalue weighted by atomic mass is 32.1. The van der Waals surface area contributed by atoms with Crippen LogP contribution < -0.4 is 18.9 Å². The molecule has 138 valence electrons. The van der Waals surface area contributed by atoms with Crippen molar-refractivity contribution in [3.63, 3.8) is 0 Å². The summed E-state index contributed by atoms with van der Waals surface area (Å²) < 4.78 is 21.7. The van der Waals surface area contributed by atoms with Gasteiger partial charge in [0.25, 0.3) is 0 Å². The van der Waals surface area contributed by atoms with E-state index in [1.807, 2.05) is 23.6 Å². The molecule has 0 unspecified atom stereocenters. The quantitative estimate of drug-likeness (QED) is 0.607. The summed E-state index contributed by atoms with van der Waals surface area (Å²) in [5.41, 5.74) is 2.26. The predicted molar refractivity (Wildman–Crippen MR) is 103 cm³/mol. The van der Waals surface area contributed by atoms with Gasteiger partial charge in [-0.15, -0.1) is 11.3 Å². The van der Waals surface area contributed by atoms with E-state index in [1.54, 1.807) is 39.5 Å². The lowest BCUT2D eigenvalue weighted by atomic mass is 10.2. The Labute approximate surface area is 161 Å². The molecule has 0 aliphatic rings. The number of hydrogen-bond donors (Lipinski definition) is 0. The first-order valence-electron chi connectivity index (χ1n) is 8.06. The molecule has 0 fully saturated rings. The third kappa shape index (κ3) is 4.13. The van der Waals surface area contributed by atoms with Crippen molar-refractivity contribution in [2.45, 2.75) is 6.61 Å². The Morgan fingerprint density at radius 3 is 2.33 bits per heavy atom. The van der Waals surface area contributed by atoms with Crippen molar-refractivity contribution in [2.75, 3.05) is 21.3 Å². The van der Waals surface area contributed by atoms with E-state index in [4.69, 9.17) is 24.2 Å². The van der Waals surface area contributed by atoms with Crippen LogP contribution in [-0.4, -0.2) is 26.3 Å². The number of methoxy groups -OCH3 is 3. The summed E-state index contributed by atoms with van der Waals surface area (Å²) in [6, 6.07) is 12.8. The fourth-order valence-corrected chi connectivity index (χ4v) is 3.28. The highest BCUT2D eigenvalue weighted by molar-refractivity contribution is 7.13. The van der Waals surface area contributed by atoms with Crippen LogP contribution in [0.25, 0.3) is 10.6 Å². The van der Waals surface area contributed by atoms with Crippen LogP contribution in [0.15, 0.2) is 41.8 Å². The number of benzene rings is 2. The minimum absolute atomic E-state index is 0.298. The highest BCUT2D eigenvalue weighted by Gasteiger charge is 2.11. The van der Waals surface area contributed by atoms with Gasteiger partial charge in [-0.05, 0) is 30.3 Å². The van der Waals surface area contributed by atoms with E-state index in [2.05, 4.69) is 11.1 Å². The van der Waals surface area contributed by atoms with E-state index in [-0.39, 0.29) is 0 Å². The minimum Gasteiger partial charge on any atom is -0.493 e. The zero-order valence-electron chi connectivity index (χ0n) is 15.2. The Morgan fingerprint density at radius 2 is 1.63 bits per heavy atom. The lowest BCUT2D eigenvalue weighted by Gasteiger charge is -2.09. The molecule has 0 saturated heterocycles. The van der Waals surface area contributed by atoms with Crippen LogP contribution in [0.5, 0.6) is 23.0 Å². The lowest BCUT2D eigenvalue weighted by molar-refractivity contribution is 0.281. The third-order valence-corrected chi connectivity index (χ3v) is 4.79. The maximum absolute atomic E-state index is 8.97. The Balaban J connectivity index is 1.75. The molecule has 0 amide bonds. The summed E-state index contributed by atoms with van der Waals surface area (Å²) in [5.74, 6) is 2.42. The molecule has 3 aromatic rings. The van der Waals surface area contributed by atoms with Gasteiger partial charge in [-0.2, -0.15) is 5.26 Å². The smallest absolute Gasteiger partial charge is 0.162 e. The minimum atomic E-state index is 0.298. The molecule has 0 spiro atoms. The maximum Gasteiger partial charge on any atom is 0.162 e. The van der Waals surface area contributed by atoms with Crippen LogP contribution in [0.3, 0.4) is 0 Å². The Morgan fingerprint density at radius 1 is 0.926 bits per heavy atom. The van der Waals surface area contributed by atoms with E-state index in [0.29, 0.717) is 35.2 Å². The summed E-state index contributed by atoms with van der Waals surface area (Å²) in [4.78, 5) is 4.62. The molecule has 27 heavy (non-hydrogen) atoms. The van der Waals surface area contributed by atoms with Crippen LogP contribution in [0, 0.1) is 11.3 Å². The summed E-state index contributed by atoms with van der Waals surface area (Å²) in [5, 5.41) is 11.8. The second kappa shape index (κ2) is 8.43. The normalized spacial score (nSPS) is 10.1. The predicted octanol–water partition coefficient (Wildman–Crippen LogP) is 4.29. The number of thiazole rings is 1. The molecular weight excluding hydrogens is 364 g/mol. The van der Waals surface area contributed by atoms with E-state index in [1.165, 1.54) is 11.3 Å². The second-order valence-electron chi connectivity index (χ2n) is 5.48. The number of ether oxygens (including phenoxy) is 4. The number of hydrogen-bond acceptors (Lipinski definition) is 7. The monoisotopic (exact) mass is 382 g/mol. The number of aromatic nitrogens is 1. The van der Waals surface area contributed by atoms with Gasteiger partial charge in [-0.25, -0.2) is 4.98 Å². The fraction of sp³-hybridized carbons (Fsp3) is 0.200. The number of nitriles is 1. The van der Waals surface area contributed by atoms with Crippen molar-refractivity contribution in [3.8, 4) is 39.6 Å². The summed E-state index contributed by atoms with van der Waals surface area (Å²) >= 11 is 1.52. The SMILES string of the molecule is COc1ccc(-c2nc(COc3ccc(C#N)cc3OC)cs2)cc1OC. The zero-order valence-corrected chi connectivity index (χ0v) is 16.0. The molecule has 1 aromatic heterocycles. The van der Waals surface area contributed by atoms with Gasteiger partial charge >= 0.3 is 0 Å². The Kier molecular flexibility index (Phi) is 5.79. The van der Waals surface area contributed by atoms with E-state index in [9.17, 15) is 0 Å². The lowest BCUT2D eigenvalue weighted by Crippen LogP contribution is -1.98. The van der Waals surface area contributed by atoms with E-state index in [0.717, 1.165) is 16.3 Å².